The van der Waals surface area contributed by atoms with Gasteiger partial charge in [0.05, 0.1) is 11.3 Å². The van der Waals surface area contributed by atoms with Crippen LogP contribution in [0.2, 0.25) is 5.02 Å². The van der Waals surface area contributed by atoms with Gasteiger partial charge in [-0.05, 0) is 42.3 Å². The molecule has 3 rings (SSSR count). The van der Waals surface area contributed by atoms with Crippen LogP contribution in [0.3, 0.4) is 0 Å². The van der Waals surface area contributed by atoms with E-state index in [-0.39, 0.29) is 50.0 Å². The minimum Gasteiger partial charge on any atom is -0.455 e. The normalized spacial score (nSPS) is 15.1. The molecule has 0 aliphatic carbocycles. The molecule has 1 saturated heterocycles. The predicted octanol–water partition coefficient (Wildman–Crippen LogP) is 2.27. The van der Waals surface area contributed by atoms with E-state index in [0.29, 0.717) is 5.02 Å². The number of carbonyl (C=O) groups is 2. The fourth-order valence-electron chi connectivity index (χ4n) is 3.18. The predicted molar refractivity (Wildman–Crippen MR) is 113 cm³/mol. The van der Waals surface area contributed by atoms with Crippen molar-refractivity contribution in [2.24, 2.45) is 0 Å². The fourth-order valence-corrected chi connectivity index (χ4v) is 4.73. The topological polar surface area (TPSA) is 84.0 Å². The maximum absolute atomic E-state index is 12.7. The number of ether oxygens (including phenoxy) is 1. The zero-order valence-corrected chi connectivity index (χ0v) is 18.2. The highest BCUT2D eigenvalue weighted by molar-refractivity contribution is 7.89. The Morgan fingerprint density at radius 1 is 1.00 bits per heavy atom. The van der Waals surface area contributed by atoms with Crippen molar-refractivity contribution in [1.29, 1.82) is 0 Å². The van der Waals surface area contributed by atoms with E-state index in [2.05, 4.69) is 0 Å². The molecule has 1 aliphatic heterocycles. The summed E-state index contributed by atoms with van der Waals surface area (Å²) in [7, 11) is -3.64. The van der Waals surface area contributed by atoms with Gasteiger partial charge in [0.25, 0.3) is 5.91 Å². The summed E-state index contributed by atoms with van der Waals surface area (Å²) in [5.74, 6) is -0.807. The van der Waals surface area contributed by atoms with Crippen LogP contribution in [0.1, 0.15) is 11.1 Å². The zero-order valence-electron chi connectivity index (χ0n) is 16.6. The second kappa shape index (κ2) is 9.59. The first-order chi connectivity index (χ1) is 14.3. The van der Waals surface area contributed by atoms with Crippen LogP contribution >= 0.6 is 11.6 Å². The van der Waals surface area contributed by atoms with Gasteiger partial charge in [-0.2, -0.15) is 4.31 Å². The van der Waals surface area contributed by atoms with Gasteiger partial charge in [-0.3, -0.25) is 9.59 Å². The summed E-state index contributed by atoms with van der Waals surface area (Å²) in [6.45, 7) is 2.38. The Labute approximate surface area is 181 Å². The molecule has 2 aromatic carbocycles. The Kier molecular flexibility index (Phi) is 7.12. The van der Waals surface area contributed by atoms with Gasteiger partial charge >= 0.3 is 5.97 Å². The lowest BCUT2D eigenvalue weighted by molar-refractivity contribution is -0.152. The number of hydrogen-bond donors (Lipinski definition) is 0. The number of rotatable bonds is 6. The van der Waals surface area contributed by atoms with Crippen molar-refractivity contribution in [2.45, 2.75) is 18.2 Å². The molecule has 2 aromatic rings. The quantitative estimate of drug-likeness (QED) is 0.630. The second-order valence-corrected chi connectivity index (χ2v) is 9.38. The first-order valence-electron chi connectivity index (χ1n) is 9.51. The molecule has 1 amide bonds. The molecule has 30 heavy (non-hydrogen) atoms. The molecule has 0 bridgehead atoms. The standard InChI is InChI=1S/C21H23ClN2O5S/c1-16-4-2-3-5-17(16)14-21(26)29-15-20(25)23-10-12-24(13-11-23)30(27,28)19-8-6-18(22)7-9-19/h2-9H,10-15H2,1H3. The number of benzene rings is 2. The Hall–Kier alpha value is -2.42. The van der Waals surface area contributed by atoms with Crippen LogP contribution in [-0.4, -0.2) is 62.3 Å². The molecular weight excluding hydrogens is 428 g/mol. The van der Waals surface area contributed by atoms with Gasteiger partial charge < -0.3 is 9.64 Å². The van der Waals surface area contributed by atoms with Crippen molar-refractivity contribution in [3.05, 3.63) is 64.7 Å². The molecule has 7 nitrogen and oxygen atoms in total. The van der Waals surface area contributed by atoms with Crippen LogP contribution < -0.4 is 0 Å². The number of esters is 1. The number of halogens is 1. The second-order valence-electron chi connectivity index (χ2n) is 7.00. The van der Waals surface area contributed by atoms with Gasteiger partial charge in [0.2, 0.25) is 10.0 Å². The van der Waals surface area contributed by atoms with E-state index >= 15 is 0 Å². The van der Waals surface area contributed by atoms with Crippen LogP contribution in [0.15, 0.2) is 53.4 Å². The van der Waals surface area contributed by atoms with Crippen LogP contribution in [0.5, 0.6) is 0 Å². The molecule has 0 aromatic heterocycles. The minimum absolute atomic E-state index is 0.104. The molecule has 1 fully saturated rings. The van der Waals surface area contributed by atoms with Gasteiger partial charge in [-0.25, -0.2) is 8.42 Å². The average molecular weight is 451 g/mol. The number of piperazine rings is 1. The Balaban J connectivity index is 1.48. The first-order valence-corrected chi connectivity index (χ1v) is 11.3. The van der Waals surface area contributed by atoms with E-state index in [1.165, 1.54) is 33.5 Å². The molecule has 0 saturated carbocycles. The Morgan fingerprint density at radius 2 is 1.63 bits per heavy atom. The number of sulfonamides is 1. The van der Waals surface area contributed by atoms with E-state index < -0.39 is 16.0 Å². The smallest absolute Gasteiger partial charge is 0.310 e. The monoisotopic (exact) mass is 450 g/mol. The third kappa shape index (κ3) is 5.38. The van der Waals surface area contributed by atoms with Crippen molar-refractivity contribution >= 4 is 33.5 Å². The summed E-state index contributed by atoms with van der Waals surface area (Å²) in [5, 5.41) is 0.460. The van der Waals surface area contributed by atoms with Gasteiger partial charge in [-0.15, -0.1) is 0 Å². The number of carbonyl (C=O) groups excluding carboxylic acids is 2. The molecular formula is C21H23ClN2O5S. The van der Waals surface area contributed by atoms with Crippen molar-refractivity contribution < 1.29 is 22.7 Å². The van der Waals surface area contributed by atoms with Crippen LogP contribution in [0.4, 0.5) is 0 Å². The first kappa shape index (κ1) is 22.3. The molecule has 160 valence electrons. The van der Waals surface area contributed by atoms with Crippen LogP contribution in [0.25, 0.3) is 0 Å². The van der Waals surface area contributed by atoms with Gasteiger partial charge in [0.1, 0.15) is 0 Å². The highest BCUT2D eigenvalue weighted by atomic mass is 35.5. The molecule has 0 radical (unpaired) electrons. The van der Waals surface area contributed by atoms with Crippen LogP contribution in [0, 0.1) is 6.92 Å². The summed E-state index contributed by atoms with van der Waals surface area (Å²) in [6, 6.07) is 13.5. The largest absolute Gasteiger partial charge is 0.455 e. The lowest BCUT2D eigenvalue weighted by Crippen LogP contribution is -2.51. The molecule has 0 unspecified atom stereocenters. The average Bonchev–Trinajstić information content (AvgIpc) is 2.74. The summed E-state index contributed by atoms with van der Waals surface area (Å²) in [5.41, 5.74) is 1.84. The highest BCUT2D eigenvalue weighted by Crippen LogP contribution is 2.20. The Morgan fingerprint density at radius 3 is 2.27 bits per heavy atom. The van der Waals surface area contributed by atoms with Crippen molar-refractivity contribution in [1.82, 2.24) is 9.21 Å². The maximum atomic E-state index is 12.7. The zero-order chi connectivity index (χ0) is 21.7. The van der Waals surface area contributed by atoms with E-state index in [1.54, 1.807) is 0 Å². The number of nitrogens with zero attached hydrogens (tertiary/aromatic N) is 2. The van der Waals surface area contributed by atoms with Crippen LogP contribution in [-0.2, 0) is 30.8 Å². The third-order valence-corrected chi connectivity index (χ3v) is 7.16. The summed E-state index contributed by atoms with van der Waals surface area (Å²) < 4.78 is 31.9. The lowest BCUT2D eigenvalue weighted by Gasteiger charge is -2.33. The van der Waals surface area contributed by atoms with E-state index in [9.17, 15) is 18.0 Å². The number of aryl methyl sites for hydroxylation is 1. The Bertz CT molecular complexity index is 1020. The van der Waals surface area contributed by atoms with E-state index in [0.717, 1.165) is 11.1 Å². The van der Waals surface area contributed by atoms with Crippen molar-refractivity contribution in [3.63, 3.8) is 0 Å². The fraction of sp³-hybridized carbons (Fsp3) is 0.333. The van der Waals surface area contributed by atoms with Gasteiger partial charge in [0, 0.05) is 31.2 Å². The summed E-state index contributed by atoms with van der Waals surface area (Å²) in [6.07, 6.45) is 0.104. The van der Waals surface area contributed by atoms with E-state index in [1.807, 2.05) is 31.2 Å². The van der Waals surface area contributed by atoms with Crippen molar-refractivity contribution in [2.75, 3.05) is 32.8 Å². The van der Waals surface area contributed by atoms with Crippen molar-refractivity contribution in [3.8, 4) is 0 Å². The SMILES string of the molecule is Cc1ccccc1CC(=O)OCC(=O)N1CCN(S(=O)(=O)c2ccc(Cl)cc2)CC1. The maximum Gasteiger partial charge on any atom is 0.310 e. The highest BCUT2D eigenvalue weighted by Gasteiger charge is 2.30. The number of hydrogen-bond acceptors (Lipinski definition) is 5. The lowest BCUT2D eigenvalue weighted by atomic mass is 10.1. The number of amides is 1. The molecule has 9 heteroatoms. The molecule has 0 spiro atoms. The molecule has 0 N–H and O–H groups in total. The summed E-state index contributed by atoms with van der Waals surface area (Å²) in [4.78, 5) is 26.1. The minimum atomic E-state index is -3.64. The summed E-state index contributed by atoms with van der Waals surface area (Å²) >= 11 is 5.82. The van der Waals surface area contributed by atoms with Gasteiger partial charge in [0.15, 0.2) is 6.61 Å². The molecule has 1 aliphatic rings. The third-order valence-electron chi connectivity index (χ3n) is 5.00. The molecule has 0 atom stereocenters. The van der Waals surface area contributed by atoms with E-state index in [4.69, 9.17) is 16.3 Å². The molecule has 1 heterocycles. The van der Waals surface area contributed by atoms with Gasteiger partial charge in [-0.1, -0.05) is 35.9 Å².